The second-order valence-electron chi connectivity index (χ2n) is 4.37. The third-order valence-corrected chi connectivity index (χ3v) is 2.84. The van der Waals surface area contributed by atoms with Gasteiger partial charge in [-0.25, -0.2) is 4.79 Å². The Labute approximate surface area is 111 Å². The Balaban J connectivity index is 1.95. The molecule has 1 aliphatic heterocycles. The molecule has 2 aromatic carbocycles. The minimum atomic E-state index is -0.388. The first kappa shape index (κ1) is 11.5. The average Bonchev–Trinajstić information content (AvgIpc) is 2.39. The third kappa shape index (κ3) is 2.36. The monoisotopic (exact) mass is 252 g/mol. The van der Waals surface area contributed by atoms with Crippen LogP contribution in [0, 0.1) is 6.92 Å². The van der Waals surface area contributed by atoms with Crippen LogP contribution in [0.25, 0.3) is 6.08 Å². The van der Waals surface area contributed by atoms with E-state index in [9.17, 15) is 4.79 Å². The van der Waals surface area contributed by atoms with Gasteiger partial charge in [-0.05, 0) is 24.6 Å². The summed E-state index contributed by atoms with van der Waals surface area (Å²) in [5.74, 6) is 0.340. The van der Waals surface area contributed by atoms with Gasteiger partial charge in [0.25, 0.3) is 5.95 Å². The van der Waals surface area contributed by atoms with Gasteiger partial charge in [0.1, 0.15) is 11.3 Å². The molecular formula is C16H12O3. The Hall–Kier alpha value is -2.55. The van der Waals surface area contributed by atoms with Gasteiger partial charge in [0.2, 0.25) is 0 Å². The van der Waals surface area contributed by atoms with E-state index in [-0.39, 0.29) is 11.9 Å². The summed E-state index contributed by atoms with van der Waals surface area (Å²) in [6.07, 6.45) is 1.71. The molecule has 0 radical (unpaired) electrons. The molecule has 1 heterocycles. The van der Waals surface area contributed by atoms with Crippen molar-refractivity contribution in [2.24, 2.45) is 0 Å². The zero-order chi connectivity index (χ0) is 13.2. The first-order valence-electron chi connectivity index (χ1n) is 6.00. The third-order valence-electron chi connectivity index (χ3n) is 2.84. The predicted octanol–water partition coefficient (Wildman–Crippen LogP) is 3.54. The number of benzene rings is 2. The van der Waals surface area contributed by atoms with Crippen molar-refractivity contribution >= 4 is 12.0 Å². The van der Waals surface area contributed by atoms with E-state index in [1.54, 1.807) is 24.3 Å². The molecule has 0 aromatic heterocycles. The summed E-state index contributed by atoms with van der Waals surface area (Å²) < 4.78 is 10.7. The molecule has 1 aliphatic rings. The number of carbonyl (C=O) groups excluding carboxylic acids is 1. The summed E-state index contributed by atoms with van der Waals surface area (Å²) in [5.41, 5.74) is 2.52. The standard InChI is InChI=1S/C16H12O3/c1-11-5-4-6-12(9-11)10-15-18-14-8-3-2-7-13(14)16(17)19-15/h2-10H,1H3/b15-10+. The summed E-state index contributed by atoms with van der Waals surface area (Å²) in [5, 5.41) is 0. The van der Waals surface area contributed by atoms with Gasteiger partial charge in [-0.3, -0.25) is 0 Å². The number of carbonyl (C=O) groups is 1. The summed E-state index contributed by atoms with van der Waals surface area (Å²) in [6.45, 7) is 2.01. The smallest absolute Gasteiger partial charge is 0.349 e. The van der Waals surface area contributed by atoms with E-state index >= 15 is 0 Å². The highest BCUT2D eigenvalue weighted by Crippen LogP contribution is 2.28. The minimum absolute atomic E-state index is 0.203. The molecule has 0 bridgehead atoms. The second-order valence-corrected chi connectivity index (χ2v) is 4.37. The molecule has 94 valence electrons. The lowest BCUT2D eigenvalue weighted by Gasteiger charge is -2.18. The molecule has 0 N–H and O–H groups in total. The van der Waals surface area contributed by atoms with Crippen LogP contribution in [0.4, 0.5) is 0 Å². The van der Waals surface area contributed by atoms with E-state index in [1.165, 1.54) is 0 Å². The lowest BCUT2D eigenvalue weighted by Crippen LogP contribution is -2.16. The molecular weight excluding hydrogens is 240 g/mol. The highest BCUT2D eigenvalue weighted by molar-refractivity contribution is 5.94. The van der Waals surface area contributed by atoms with Gasteiger partial charge in [0, 0.05) is 6.08 Å². The Morgan fingerprint density at radius 1 is 1.00 bits per heavy atom. The Bertz CT molecular complexity index is 671. The summed E-state index contributed by atoms with van der Waals surface area (Å²) >= 11 is 0. The first-order valence-corrected chi connectivity index (χ1v) is 6.00. The van der Waals surface area contributed by atoms with E-state index in [0.717, 1.165) is 11.1 Å². The highest BCUT2D eigenvalue weighted by atomic mass is 16.7. The molecule has 0 fully saturated rings. The van der Waals surface area contributed by atoms with Gasteiger partial charge >= 0.3 is 5.97 Å². The topological polar surface area (TPSA) is 35.5 Å². The van der Waals surface area contributed by atoms with Gasteiger partial charge in [0.15, 0.2) is 0 Å². The van der Waals surface area contributed by atoms with Crippen LogP contribution < -0.4 is 4.74 Å². The molecule has 0 saturated heterocycles. The number of para-hydroxylation sites is 1. The van der Waals surface area contributed by atoms with E-state index in [2.05, 4.69) is 0 Å². The van der Waals surface area contributed by atoms with Crippen molar-refractivity contribution in [2.75, 3.05) is 0 Å². The van der Waals surface area contributed by atoms with Gasteiger partial charge in [-0.15, -0.1) is 0 Å². The summed E-state index contributed by atoms with van der Waals surface area (Å²) in [4.78, 5) is 11.8. The van der Waals surface area contributed by atoms with E-state index in [1.807, 2.05) is 37.3 Å². The first-order chi connectivity index (χ1) is 9.22. The maximum Gasteiger partial charge on any atom is 0.349 e. The SMILES string of the molecule is Cc1cccc(/C=C2/OC(=O)c3ccccc3O2)c1. The highest BCUT2D eigenvalue weighted by Gasteiger charge is 2.23. The Morgan fingerprint density at radius 2 is 1.84 bits per heavy atom. The second kappa shape index (κ2) is 4.61. The normalized spacial score (nSPS) is 15.6. The molecule has 3 heteroatoms. The molecule has 3 nitrogen and oxygen atoms in total. The number of aryl methyl sites for hydroxylation is 1. The van der Waals surface area contributed by atoms with Gasteiger partial charge in [-0.1, -0.05) is 42.0 Å². The number of fused-ring (bicyclic) bond motifs is 1. The van der Waals surface area contributed by atoms with E-state index in [0.29, 0.717) is 11.3 Å². The average molecular weight is 252 g/mol. The van der Waals surface area contributed by atoms with Crippen molar-refractivity contribution in [1.29, 1.82) is 0 Å². The molecule has 0 spiro atoms. The van der Waals surface area contributed by atoms with Crippen LogP contribution in [0.1, 0.15) is 21.5 Å². The number of cyclic esters (lactones) is 1. The number of hydrogen-bond donors (Lipinski definition) is 0. The van der Waals surface area contributed by atoms with Crippen molar-refractivity contribution in [2.45, 2.75) is 6.92 Å². The van der Waals surface area contributed by atoms with Crippen LogP contribution in [0.5, 0.6) is 5.75 Å². The maximum absolute atomic E-state index is 11.8. The summed E-state index contributed by atoms with van der Waals surface area (Å²) in [6, 6.07) is 14.9. The van der Waals surface area contributed by atoms with Crippen molar-refractivity contribution in [3.05, 3.63) is 71.2 Å². The lowest BCUT2D eigenvalue weighted by molar-refractivity contribution is 0.0419. The van der Waals surface area contributed by atoms with Crippen LogP contribution in [0.15, 0.2) is 54.5 Å². The fourth-order valence-corrected chi connectivity index (χ4v) is 1.95. The van der Waals surface area contributed by atoms with Gasteiger partial charge < -0.3 is 9.47 Å². The molecule has 3 rings (SSSR count). The minimum Gasteiger partial charge on any atom is -0.425 e. The van der Waals surface area contributed by atoms with Crippen molar-refractivity contribution in [3.63, 3.8) is 0 Å². The Morgan fingerprint density at radius 3 is 2.68 bits per heavy atom. The molecule has 0 amide bonds. The fourth-order valence-electron chi connectivity index (χ4n) is 1.95. The molecule has 0 saturated carbocycles. The van der Waals surface area contributed by atoms with Crippen LogP contribution in [0.2, 0.25) is 0 Å². The van der Waals surface area contributed by atoms with Gasteiger partial charge in [-0.2, -0.15) is 0 Å². The van der Waals surface area contributed by atoms with Crippen LogP contribution in [-0.4, -0.2) is 5.97 Å². The van der Waals surface area contributed by atoms with Crippen LogP contribution in [0.3, 0.4) is 0 Å². The zero-order valence-corrected chi connectivity index (χ0v) is 10.4. The lowest BCUT2D eigenvalue weighted by atomic mass is 10.1. The fraction of sp³-hybridized carbons (Fsp3) is 0.0625. The molecule has 19 heavy (non-hydrogen) atoms. The quantitative estimate of drug-likeness (QED) is 0.728. The Kier molecular flexibility index (Phi) is 2.80. The van der Waals surface area contributed by atoms with Crippen molar-refractivity contribution in [3.8, 4) is 5.75 Å². The van der Waals surface area contributed by atoms with Gasteiger partial charge in [0.05, 0.1) is 0 Å². The number of rotatable bonds is 1. The van der Waals surface area contributed by atoms with Crippen LogP contribution in [-0.2, 0) is 4.74 Å². The van der Waals surface area contributed by atoms with E-state index < -0.39 is 0 Å². The van der Waals surface area contributed by atoms with Crippen molar-refractivity contribution < 1.29 is 14.3 Å². The largest absolute Gasteiger partial charge is 0.425 e. The zero-order valence-electron chi connectivity index (χ0n) is 10.4. The predicted molar refractivity (Wildman–Crippen MR) is 71.6 cm³/mol. The maximum atomic E-state index is 11.8. The number of esters is 1. The number of ether oxygens (including phenoxy) is 2. The molecule has 0 unspecified atom stereocenters. The van der Waals surface area contributed by atoms with E-state index in [4.69, 9.17) is 9.47 Å². The molecule has 2 aromatic rings. The summed E-state index contributed by atoms with van der Waals surface area (Å²) in [7, 11) is 0. The molecule has 0 atom stereocenters. The van der Waals surface area contributed by atoms with Crippen molar-refractivity contribution in [1.82, 2.24) is 0 Å². The molecule has 0 aliphatic carbocycles. The van der Waals surface area contributed by atoms with Crippen LogP contribution >= 0.6 is 0 Å². The number of hydrogen-bond acceptors (Lipinski definition) is 3.